The lowest BCUT2D eigenvalue weighted by Crippen LogP contribution is -2.50. The van der Waals surface area contributed by atoms with Gasteiger partial charge in [-0.2, -0.15) is 0 Å². The number of nitrogens with zero attached hydrogens (tertiary/aromatic N) is 4. The molecule has 2 saturated heterocycles. The van der Waals surface area contributed by atoms with Gasteiger partial charge in [-0.15, -0.1) is 0 Å². The molecule has 2 aliphatic rings. The van der Waals surface area contributed by atoms with Gasteiger partial charge in [0.2, 0.25) is 11.8 Å². The number of ether oxygens (including phenoxy) is 4. The number of rotatable bonds is 6. The van der Waals surface area contributed by atoms with E-state index in [2.05, 4.69) is 15.0 Å². The zero-order valence-electron chi connectivity index (χ0n) is 20.9. The van der Waals surface area contributed by atoms with Gasteiger partial charge in [0.25, 0.3) is 0 Å². The van der Waals surface area contributed by atoms with E-state index in [0.29, 0.717) is 47.2 Å². The Balaban J connectivity index is 1.22. The summed E-state index contributed by atoms with van der Waals surface area (Å²) in [6.45, 7) is 3.73. The molecule has 37 heavy (non-hydrogen) atoms. The molecule has 10 heteroatoms. The van der Waals surface area contributed by atoms with Gasteiger partial charge in [0, 0.05) is 31.1 Å². The third-order valence-electron chi connectivity index (χ3n) is 6.82. The maximum Gasteiger partial charge on any atom is 0.415 e. The molecule has 0 radical (unpaired) electrons. The van der Waals surface area contributed by atoms with E-state index >= 15 is 0 Å². The van der Waals surface area contributed by atoms with Crippen LogP contribution in [0.5, 0.6) is 23.3 Å². The van der Waals surface area contributed by atoms with Crippen molar-refractivity contribution in [3.63, 3.8) is 0 Å². The largest absolute Gasteiger partial charge is 0.474 e. The first-order valence-electron chi connectivity index (χ1n) is 12.2. The molecule has 1 aromatic carbocycles. The van der Waals surface area contributed by atoms with Crippen LogP contribution in [0.15, 0.2) is 48.9 Å². The molecular formula is C27H28N4O6. The number of hydrogen-bond acceptors (Lipinski definition) is 9. The van der Waals surface area contributed by atoms with Gasteiger partial charge >= 0.3 is 12.1 Å². The Kier molecular flexibility index (Phi) is 6.89. The molecule has 5 rings (SSSR count). The lowest BCUT2D eigenvalue weighted by atomic mass is 10.0. The predicted molar refractivity (Wildman–Crippen MR) is 132 cm³/mol. The van der Waals surface area contributed by atoms with Gasteiger partial charge in [-0.1, -0.05) is 0 Å². The van der Waals surface area contributed by atoms with Crippen LogP contribution in [0, 0.1) is 13.8 Å². The van der Waals surface area contributed by atoms with Crippen molar-refractivity contribution in [3.8, 4) is 23.3 Å². The predicted octanol–water partition coefficient (Wildman–Crippen LogP) is 4.64. The molecule has 2 bridgehead atoms. The minimum atomic E-state index is -0.442. The maximum absolute atomic E-state index is 13.0. The van der Waals surface area contributed by atoms with Crippen LogP contribution < -0.4 is 14.2 Å². The zero-order valence-corrected chi connectivity index (χ0v) is 20.9. The van der Waals surface area contributed by atoms with Crippen LogP contribution in [-0.4, -0.2) is 57.2 Å². The smallest absolute Gasteiger partial charge is 0.415 e. The molecule has 2 aromatic heterocycles. The molecule has 2 fully saturated rings. The van der Waals surface area contributed by atoms with Crippen molar-refractivity contribution in [2.24, 2.45) is 0 Å². The summed E-state index contributed by atoms with van der Waals surface area (Å²) in [5, 5.41) is 0. The highest BCUT2D eigenvalue weighted by molar-refractivity contribution is 5.89. The van der Waals surface area contributed by atoms with E-state index in [1.54, 1.807) is 30.5 Å². The average molecular weight is 505 g/mol. The van der Waals surface area contributed by atoms with E-state index in [9.17, 15) is 9.59 Å². The van der Waals surface area contributed by atoms with E-state index in [0.717, 1.165) is 18.5 Å². The molecular weight excluding hydrogens is 476 g/mol. The fourth-order valence-electron chi connectivity index (χ4n) is 4.93. The van der Waals surface area contributed by atoms with E-state index in [1.807, 2.05) is 30.9 Å². The fraction of sp³-hybridized carbons (Fsp3) is 0.370. The summed E-state index contributed by atoms with van der Waals surface area (Å²) in [6.07, 6.45) is 5.77. The van der Waals surface area contributed by atoms with E-state index < -0.39 is 12.1 Å². The molecule has 1 amide bonds. The Bertz CT molecular complexity index is 1280. The van der Waals surface area contributed by atoms with Crippen molar-refractivity contribution in [3.05, 3.63) is 65.7 Å². The molecule has 10 nitrogen and oxygen atoms in total. The minimum Gasteiger partial charge on any atom is -0.474 e. The van der Waals surface area contributed by atoms with Crippen LogP contribution in [0.2, 0.25) is 0 Å². The minimum absolute atomic E-state index is 0.0153. The number of aromatic nitrogens is 3. The molecule has 4 heterocycles. The van der Waals surface area contributed by atoms with Crippen molar-refractivity contribution in [1.82, 2.24) is 19.9 Å². The number of methoxy groups -OCH3 is 1. The van der Waals surface area contributed by atoms with Gasteiger partial charge in [-0.3, -0.25) is 4.98 Å². The first-order valence-corrected chi connectivity index (χ1v) is 12.2. The van der Waals surface area contributed by atoms with Crippen LogP contribution in [-0.2, 0) is 4.74 Å². The Hall–Kier alpha value is -4.21. The summed E-state index contributed by atoms with van der Waals surface area (Å²) in [4.78, 5) is 39.3. The highest BCUT2D eigenvalue weighted by atomic mass is 16.6. The van der Waals surface area contributed by atoms with Crippen molar-refractivity contribution >= 4 is 12.1 Å². The molecule has 3 aromatic rings. The normalized spacial score (nSPS) is 20.3. The number of piperidine rings is 1. The van der Waals surface area contributed by atoms with Crippen molar-refractivity contribution < 1.29 is 28.5 Å². The van der Waals surface area contributed by atoms with Gasteiger partial charge in [0.1, 0.15) is 18.2 Å². The Morgan fingerprint density at radius 1 is 0.946 bits per heavy atom. The molecule has 0 aliphatic carbocycles. The van der Waals surface area contributed by atoms with E-state index in [-0.39, 0.29) is 18.2 Å². The summed E-state index contributed by atoms with van der Waals surface area (Å²) in [6, 6.07) is 10.00. The number of benzene rings is 1. The average Bonchev–Trinajstić information content (AvgIpc) is 3.18. The third kappa shape index (κ3) is 5.18. The number of aryl methyl sites for hydroxylation is 1. The topological polar surface area (TPSA) is 113 Å². The molecule has 2 unspecified atom stereocenters. The highest BCUT2D eigenvalue weighted by Crippen LogP contribution is 2.39. The van der Waals surface area contributed by atoms with Gasteiger partial charge in [0.05, 0.1) is 23.9 Å². The molecule has 2 atom stereocenters. The number of carbonyl (C=O) groups excluding carboxylic acids is 2. The number of pyridine rings is 1. The second-order valence-electron chi connectivity index (χ2n) is 9.19. The quantitative estimate of drug-likeness (QED) is 0.443. The summed E-state index contributed by atoms with van der Waals surface area (Å²) in [7, 11) is 1.32. The SMILES string of the molecule is COC(=O)c1ccc(OC(=O)N2C3CCC2CC(Oc2ncnc(Oc4cccnc4C)c2C)C3)cc1. The molecule has 2 aliphatic heterocycles. The zero-order chi connectivity index (χ0) is 25.9. The Morgan fingerprint density at radius 2 is 1.65 bits per heavy atom. The standard InChI is InChI=1S/C27H28N4O6/c1-16-24(29-15-30-25(16)37-23-5-4-12-28-17(23)2)35-22-13-19-8-9-20(14-22)31(19)27(33)36-21-10-6-18(7-11-21)26(32)34-3/h4-7,10-12,15,19-20,22H,8-9,13-14H2,1-3H3. The lowest BCUT2D eigenvalue weighted by molar-refractivity contribution is 0.0502. The van der Waals surface area contributed by atoms with E-state index in [1.165, 1.54) is 13.4 Å². The Morgan fingerprint density at radius 3 is 2.32 bits per heavy atom. The number of carbonyl (C=O) groups is 2. The molecule has 0 saturated carbocycles. The summed E-state index contributed by atoms with van der Waals surface area (Å²) >= 11 is 0. The molecule has 0 spiro atoms. The van der Waals surface area contributed by atoms with Crippen molar-refractivity contribution in [2.75, 3.05) is 7.11 Å². The number of hydrogen-bond donors (Lipinski definition) is 0. The monoisotopic (exact) mass is 504 g/mol. The number of esters is 1. The van der Waals surface area contributed by atoms with Crippen LogP contribution >= 0.6 is 0 Å². The summed E-state index contributed by atoms with van der Waals surface area (Å²) in [5.74, 6) is 1.45. The van der Waals surface area contributed by atoms with Crippen molar-refractivity contribution in [1.29, 1.82) is 0 Å². The first-order chi connectivity index (χ1) is 17.9. The number of fused-ring (bicyclic) bond motifs is 2. The fourth-order valence-corrected chi connectivity index (χ4v) is 4.93. The van der Waals surface area contributed by atoms with Crippen LogP contribution in [0.3, 0.4) is 0 Å². The highest BCUT2D eigenvalue weighted by Gasteiger charge is 2.45. The lowest BCUT2D eigenvalue weighted by Gasteiger charge is -2.37. The number of amides is 1. The first kappa shape index (κ1) is 24.5. The van der Waals surface area contributed by atoms with Gasteiger partial charge in [-0.25, -0.2) is 19.6 Å². The Labute approximate surface area is 214 Å². The molecule has 0 N–H and O–H groups in total. The van der Waals surface area contributed by atoms with Crippen LogP contribution in [0.25, 0.3) is 0 Å². The second-order valence-corrected chi connectivity index (χ2v) is 9.19. The second kappa shape index (κ2) is 10.4. The summed E-state index contributed by atoms with van der Waals surface area (Å²) < 4.78 is 22.6. The van der Waals surface area contributed by atoms with E-state index in [4.69, 9.17) is 18.9 Å². The maximum atomic E-state index is 13.0. The summed E-state index contributed by atoms with van der Waals surface area (Å²) in [5.41, 5.74) is 1.86. The van der Waals surface area contributed by atoms with Gasteiger partial charge in [-0.05, 0) is 63.1 Å². The molecule has 192 valence electrons. The van der Waals surface area contributed by atoms with Crippen LogP contribution in [0.4, 0.5) is 4.79 Å². The van der Waals surface area contributed by atoms with Gasteiger partial charge in [0.15, 0.2) is 5.75 Å². The van der Waals surface area contributed by atoms with Gasteiger partial charge < -0.3 is 23.8 Å². The van der Waals surface area contributed by atoms with Crippen molar-refractivity contribution in [2.45, 2.75) is 57.7 Å². The van der Waals surface area contributed by atoms with Crippen LogP contribution in [0.1, 0.15) is 47.3 Å². The third-order valence-corrected chi connectivity index (χ3v) is 6.82.